The summed E-state index contributed by atoms with van der Waals surface area (Å²) in [6.45, 7) is 1.83. The average Bonchev–Trinajstić information content (AvgIpc) is 2.47. The Morgan fingerprint density at radius 3 is 2.14 bits per heavy atom. The molecule has 0 fully saturated rings. The van der Waals surface area contributed by atoms with Crippen molar-refractivity contribution in [1.29, 1.82) is 0 Å². The van der Waals surface area contributed by atoms with Crippen molar-refractivity contribution in [3.05, 3.63) is 69.7 Å². The van der Waals surface area contributed by atoms with E-state index in [0.717, 1.165) is 11.8 Å². The van der Waals surface area contributed by atoms with Crippen LogP contribution in [0.4, 0.5) is 8.78 Å². The van der Waals surface area contributed by atoms with Gasteiger partial charge in [-0.2, -0.15) is 10.2 Å². The molecule has 0 spiro atoms. The van der Waals surface area contributed by atoms with E-state index in [2.05, 4.69) is 10.2 Å². The Balaban J connectivity index is 2.13. The van der Waals surface area contributed by atoms with Gasteiger partial charge in [0.25, 0.3) is 0 Å². The summed E-state index contributed by atoms with van der Waals surface area (Å²) >= 11 is 5.76. The zero-order chi connectivity index (χ0) is 15.2. The van der Waals surface area contributed by atoms with Crippen molar-refractivity contribution in [2.24, 2.45) is 10.2 Å². The lowest BCUT2D eigenvalue weighted by atomic mass is 10.1. The molecule has 0 aliphatic heterocycles. The van der Waals surface area contributed by atoms with Crippen LogP contribution in [0.2, 0.25) is 5.02 Å². The zero-order valence-corrected chi connectivity index (χ0v) is 12.1. The standard InChI is InChI=1S/C16H13ClF2N2/c1-2-11-7-15(18)14(16(19)8-11)10-21-20-9-12-3-5-13(17)6-4-12/h3-10H,2H2,1H3. The molecular formula is C16H13ClF2N2. The van der Waals surface area contributed by atoms with E-state index in [1.165, 1.54) is 18.3 Å². The Labute approximate surface area is 126 Å². The molecule has 108 valence electrons. The lowest BCUT2D eigenvalue weighted by Crippen LogP contribution is -1.96. The monoisotopic (exact) mass is 306 g/mol. The van der Waals surface area contributed by atoms with Crippen molar-refractivity contribution in [2.75, 3.05) is 0 Å². The van der Waals surface area contributed by atoms with Crippen molar-refractivity contribution in [3.8, 4) is 0 Å². The molecule has 21 heavy (non-hydrogen) atoms. The summed E-state index contributed by atoms with van der Waals surface area (Å²) in [4.78, 5) is 0. The fourth-order valence-electron chi connectivity index (χ4n) is 1.70. The number of benzene rings is 2. The van der Waals surface area contributed by atoms with Crippen LogP contribution >= 0.6 is 11.6 Å². The highest BCUT2D eigenvalue weighted by Crippen LogP contribution is 2.14. The van der Waals surface area contributed by atoms with E-state index in [1.807, 2.05) is 6.92 Å². The first-order valence-electron chi connectivity index (χ1n) is 6.40. The van der Waals surface area contributed by atoms with Gasteiger partial charge in [-0.25, -0.2) is 8.78 Å². The Hall–Kier alpha value is -2.07. The molecule has 2 nitrogen and oxygen atoms in total. The van der Waals surface area contributed by atoms with E-state index in [0.29, 0.717) is 17.0 Å². The largest absolute Gasteiger partial charge is 0.206 e. The van der Waals surface area contributed by atoms with Gasteiger partial charge in [0.1, 0.15) is 11.6 Å². The van der Waals surface area contributed by atoms with Gasteiger partial charge in [-0.3, -0.25) is 0 Å². The van der Waals surface area contributed by atoms with Gasteiger partial charge in [-0.05, 0) is 41.8 Å². The average molecular weight is 307 g/mol. The molecule has 2 aromatic rings. The molecule has 2 aromatic carbocycles. The van der Waals surface area contributed by atoms with E-state index >= 15 is 0 Å². The smallest absolute Gasteiger partial charge is 0.135 e. The summed E-state index contributed by atoms with van der Waals surface area (Å²) in [5, 5.41) is 8.05. The van der Waals surface area contributed by atoms with Gasteiger partial charge >= 0.3 is 0 Å². The van der Waals surface area contributed by atoms with Crippen molar-refractivity contribution in [3.63, 3.8) is 0 Å². The van der Waals surface area contributed by atoms with Crippen LogP contribution in [0, 0.1) is 11.6 Å². The molecule has 0 bridgehead atoms. The van der Waals surface area contributed by atoms with Crippen molar-refractivity contribution < 1.29 is 8.78 Å². The Morgan fingerprint density at radius 1 is 1.00 bits per heavy atom. The summed E-state index contributed by atoms with van der Waals surface area (Å²) in [6, 6.07) is 9.56. The summed E-state index contributed by atoms with van der Waals surface area (Å²) in [6.07, 6.45) is 3.11. The maximum atomic E-state index is 13.7. The second-order valence-electron chi connectivity index (χ2n) is 4.37. The molecule has 0 heterocycles. The quantitative estimate of drug-likeness (QED) is 0.581. The molecule has 2 rings (SSSR count). The predicted octanol–water partition coefficient (Wildman–Crippen LogP) is 4.63. The third-order valence-corrected chi connectivity index (χ3v) is 3.13. The van der Waals surface area contributed by atoms with Crippen LogP contribution in [0.25, 0.3) is 0 Å². The molecule has 5 heteroatoms. The summed E-state index contributed by atoms with van der Waals surface area (Å²) in [7, 11) is 0. The predicted molar refractivity (Wildman–Crippen MR) is 82.4 cm³/mol. The zero-order valence-electron chi connectivity index (χ0n) is 11.4. The van der Waals surface area contributed by atoms with E-state index in [9.17, 15) is 8.78 Å². The Kier molecular flexibility index (Phi) is 5.17. The summed E-state index contributed by atoms with van der Waals surface area (Å²) in [5.74, 6) is -1.28. The van der Waals surface area contributed by atoms with E-state index in [-0.39, 0.29) is 5.56 Å². The maximum absolute atomic E-state index is 13.7. The lowest BCUT2D eigenvalue weighted by Gasteiger charge is -2.01. The molecule has 0 saturated carbocycles. The van der Waals surface area contributed by atoms with Crippen LogP contribution in [0.3, 0.4) is 0 Å². The highest BCUT2D eigenvalue weighted by molar-refractivity contribution is 6.30. The molecule has 0 amide bonds. The molecule has 0 atom stereocenters. The molecule has 0 unspecified atom stereocenters. The van der Waals surface area contributed by atoms with Gasteiger partial charge in [-0.15, -0.1) is 0 Å². The highest BCUT2D eigenvalue weighted by atomic mass is 35.5. The van der Waals surface area contributed by atoms with Crippen LogP contribution in [-0.4, -0.2) is 12.4 Å². The number of hydrogen-bond acceptors (Lipinski definition) is 2. The highest BCUT2D eigenvalue weighted by Gasteiger charge is 2.08. The number of nitrogens with zero attached hydrogens (tertiary/aromatic N) is 2. The molecule has 0 N–H and O–H groups in total. The Morgan fingerprint density at radius 2 is 1.57 bits per heavy atom. The van der Waals surface area contributed by atoms with Crippen molar-refractivity contribution in [1.82, 2.24) is 0 Å². The van der Waals surface area contributed by atoms with E-state index < -0.39 is 11.6 Å². The molecule has 0 aromatic heterocycles. The minimum atomic E-state index is -0.641. The number of hydrogen-bond donors (Lipinski definition) is 0. The maximum Gasteiger partial charge on any atom is 0.135 e. The third kappa shape index (κ3) is 4.20. The molecule has 0 aliphatic carbocycles. The van der Waals surface area contributed by atoms with Gasteiger partial charge in [-0.1, -0.05) is 30.7 Å². The topological polar surface area (TPSA) is 24.7 Å². The number of rotatable bonds is 4. The van der Waals surface area contributed by atoms with Gasteiger partial charge in [0.15, 0.2) is 0 Å². The first kappa shape index (κ1) is 15.3. The number of halogens is 3. The summed E-state index contributed by atoms with van der Waals surface area (Å²) < 4.78 is 27.4. The molecule has 0 aliphatic rings. The minimum Gasteiger partial charge on any atom is -0.206 e. The van der Waals surface area contributed by atoms with Crippen LogP contribution in [0.5, 0.6) is 0 Å². The van der Waals surface area contributed by atoms with Gasteiger partial charge < -0.3 is 0 Å². The van der Waals surface area contributed by atoms with Gasteiger partial charge in [0.2, 0.25) is 0 Å². The SMILES string of the molecule is CCc1cc(F)c(C=NN=Cc2ccc(Cl)cc2)c(F)c1. The number of aryl methyl sites for hydroxylation is 1. The van der Waals surface area contributed by atoms with Crippen molar-refractivity contribution >= 4 is 24.0 Å². The van der Waals surface area contributed by atoms with E-state index in [1.54, 1.807) is 24.3 Å². The fraction of sp³-hybridized carbons (Fsp3) is 0.125. The normalized spacial score (nSPS) is 11.6. The first-order valence-corrected chi connectivity index (χ1v) is 6.78. The minimum absolute atomic E-state index is 0.194. The van der Waals surface area contributed by atoms with Gasteiger partial charge in [0, 0.05) is 5.02 Å². The lowest BCUT2D eigenvalue weighted by molar-refractivity contribution is 0.577. The van der Waals surface area contributed by atoms with Crippen molar-refractivity contribution in [2.45, 2.75) is 13.3 Å². The molecular weight excluding hydrogens is 294 g/mol. The molecule has 0 radical (unpaired) electrons. The van der Waals surface area contributed by atoms with E-state index in [4.69, 9.17) is 11.6 Å². The molecule has 0 saturated heterocycles. The fourth-order valence-corrected chi connectivity index (χ4v) is 1.83. The van der Waals surface area contributed by atoms with Crippen LogP contribution in [0.1, 0.15) is 23.6 Å². The first-order chi connectivity index (χ1) is 10.1. The van der Waals surface area contributed by atoms with Crippen LogP contribution in [-0.2, 0) is 6.42 Å². The second kappa shape index (κ2) is 7.09. The third-order valence-electron chi connectivity index (χ3n) is 2.88. The second-order valence-corrected chi connectivity index (χ2v) is 4.80. The summed E-state index contributed by atoms with van der Waals surface area (Å²) in [5.41, 5.74) is 1.20. The Bertz CT molecular complexity index is 656. The van der Waals surface area contributed by atoms with Crippen LogP contribution < -0.4 is 0 Å². The van der Waals surface area contributed by atoms with Gasteiger partial charge in [0.05, 0.1) is 18.0 Å². The van der Waals surface area contributed by atoms with Crippen LogP contribution in [0.15, 0.2) is 46.6 Å².